The van der Waals surface area contributed by atoms with Crippen molar-refractivity contribution in [2.45, 2.75) is 52.7 Å². The summed E-state index contributed by atoms with van der Waals surface area (Å²) in [6.45, 7) is 11.3. The quantitative estimate of drug-likeness (QED) is 0.684. The molecule has 0 aromatic heterocycles. The molecule has 0 bridgehead atoms. The van der Waals surface area contributed by atoms with Gasteiger partial charge in [-0.3, -0.25) is 0 Å². The third-order valence-corrected chi connectivity index (χ3v) is 3.10. The van der Waals surface area contributed by atoms with Gasteiger partial charge in [-0.15, -0.1) is 0 Å². The van der Waals surface area contributed by atoms with E-state index in [0.29, 0.717) is 0 Å². The molecule has 84 valence electrons. The average molecular weight is 200 g/mol. The lowest BCUT2D eigenvalue weighted by Gasteiger charge is -2.28. The van der Waals surface area contributed by atoms with E-state index in [-0.39, 0.29) is 11.8 Å². The molecule has 2 heteroatoms. The maximum absolute atomic E-state index is 9.94. The minimum Gasteiger partial charge on any atom is -0.386 e. The zero-order valence-electron chi connectivity index (χ0n) is 10.2. The van der Waals surface area contributed by atoms with Crippen LogP contribution in [0.5, 0.6) is 0 Å². The van der Waals surface area contributed by atoms with Crippen LogP contribution in [0.15, 0.2) is 12.2 Å². The molecule has 0 fully saturated rings. The molecule has 2 N–H and O–H groups in total. The molecule has 0 aromatic rings. The van der Waals surface area contributed by atoms with E-state index >= 15 is 0 Å². The molecule has 2 atom stereocenters. The number of hydrogen-bond acceptors (Lipinski definition) is 2. The van der Waals surface area contributed by atoms with E-state index in [1.165, 1.54) is 0 Å². The van der Waals surface area contributed by atoms with Gasteiger partial charge in [-0.05, 0) is 25.7 Å². The van der Waals surface area contributed by atoms with Crippen LogP contribution in [0.25, 0.3) is 0 Å². The summed E-state index contributed by atoms with van der Waals surface area (Å²) in [4.78, 5) is 0. The summed E-state index contributed by atoms with van der Waals surface area (Å²) in [7, 11) is 0. The molecule has 0 aromatic carbocycles. The Labute approximate surface area is 87.7 Å². The van der Waals surface area contributed by atoms with Gasteiger partial charge in [0.1, 0.15) is 0 Å². The Morgan fingerprint density at radius 1 is 0.786 bits per heavy atom. The minimum absolute atomic E-state index is 0.140. The fraction of sp³-hybridized carbons (Fsp3) is 0.833. The molecular weight excluding hydrogens is 176 g/mol. The van der Waals surface area contributed by atoms with Crippen LogP contribution in [0.1, 0.15) is 41.5 Å². The van der Waals surface area contributed by atoms with Crippen molar-refractivity contribution in [1.29, 1.82) is 0 Å². The average Bonchev–Trinajstić information content (AvgIpc) is 2.01. The third kappa shape index (κ3) is 3.81. The van der Waals surface area contributed by atoms with Gasteiger partial charge in [0.2, 0.25) is 0 Å². The van der Waals surface area contributed by atoms with Gasteiger partial charge in [0, 0.05) is 0 Å². The summed E-state index contributed by atoms with van der Waals surface area (Å²) in [6, 6.07) is 0. The summed E-state index contributed by atoms with van der Waals surface area (Å²) in [5, 5.41) is 19.9. The van der Waals surface area contributed by atoms with E-state index in [9.17, 15) is 10.2 Å². The van der Waals surface area contributed by atoms with Crippen LogP contribution in [0.3, 0.4) is 0 Å². The van der Waals surface area contributed by atoms with Crippen LogP contribution in [0.4, 0.5) is 0 Å². The predicted molar refractivity (Wildman–Crippen MR) is 60.1 cm³/mol. The van der Waals surface area contributed by atoms with E-state index in [4.69, 9.17) is 0 Å². The standard InChI is InChI=1S/C12H24O2/c1-9(2)11(5,13)7-8-12(6,14)10(3)4/h7-10,13-14H,1-6H3/b8-7+. The summed E-state index contributed by atoms with van der Waals surface area (Å²) in [6.07, 6.45) is 3.38. The van der Waals surface area contributed by atoms with Crippen molar-refractivity contribution in [2.75, 3.05) is 0 Å². The largest absolute Gasteiger partial charge is 0.386 e. The highest BCUT2D eigenvalue weighted by molar-refractivity contribution is 5.08. The summed E-state index contributed by atoms with van der Waals surface area (Å²) < 4.78 is 0. The molecule has 0 aliphatic rings. The molecule has 0 saturated heterocycles. The first kappa shape index (κ1) is 13.7. The molecule has 0 saturated carbocycles. The summed E-state index contributed by atoms with van der Waals surface area (Å²) in [5.74, 6) is 0.281. The molecule has 0 heterocycles. The fourth-order valence-electron chi connectivity index (χ4n) is 0.722. The van der Waals surface area contributed by atoms with E-state index < -0.39 is 11.2 Å². The van der Waals surface area contributed by atoms with Crippen molar-refractivity contribution in [3.05, 3.63) is 12.2 Å². The maximum atomic E-state index is 9.94. The lowest BCUT2D eigenvalue weighted by atomic mass is 9.87. The van der Waals surface area contributed by atoms with Gasteiger partial charge in [0.15, 0.2) is 0 Å². The highest BCUT2D eigenvalue weighted by Crippen LogP contribution is 2.22. The maximum Gasteiger partial charge on any atom is 0.0823 e. The first-order valence-electron chi connectivity index (χ1n) is 5.24. The van der Waals surface area contributed by atoms with E-state index in [1.54, 1.807) is 26.0 Å². The molecule has 2 unspecified atom stereocenters. The Morgan fingerprint density at radius 2 is 1.00 bits per heavy atom. The fourth-order valence-corrected chi connectivity index (χ4v) is 0.722. The molecule has 0 aliphatic heterocycles. The Hall–Kier alpha value is -0.340. The summed E-state index contributed by atoms with van der Waals surface area (Å²) in [5.41, 5.74) is -1.70. The second-order valence-electron chi connectivity index (χ2n) is 5.09. The van der Waals surface area contributed by atoms with Crippen molar-refractivity contribution in [3.63, 3.8) is 0 Å². The topological polar surface area (TPSA) is 40.5 Å². The van der Waals surface area contributed by atoms with Crippen molar-refractivity contribution < 1.29 is 10.2 Å². The molecule has 0 spiro atoms. The SMILES string of the molecule is CC(C)C(C)(O)/C=C/C(C)(O)C(C)C. The van der Waals surface area contributed by atoms with Crippen molar-refractivity contribution >= 4 is 0 Å². The van der Waals surface area contributed by atoms with Gasteiger partial charge >= 0.3 is 0 Å². The van der Waals surface area contributed by atoms with E-state index in [0.717, 1.165) is 0 Å². The van der Waals surface area contributed by atoms with Gasteiger partial charge in [0.25, 0.3) is 0 Å². The van der Waals surface area contributed by atoms with Gasteiger partial charge in [-0.1, -0.05) is 39.8 Å². The zero-order chi connectivity index (χ0) is 11.6. The lowest BCUT2D eigenvalue weighted by Crippen LogP contribution is -2.32. The van der Waals surface area contributed by atoms with Gasteiger partial charge in [-0.25, -0.2) is 0 Å². The Kier molecular flexibility index (Phi) is 4.34. The molecule has 0 amide bonds. The van der Waals surface area contributed by atoms with Crippen molar-refractivity contribution in [3.8, 4) is 0 Å². The zero-order valence-corrected chi connectivity index (χ0v) is 10.2. The number of hydrogen-bond donors (Lipinski definition) is 2. The second-order valence-corrected chi connectivity index (χ2v) is 5.09. The van der Waals surface area contributed by atoms with E-state index in [1.807, 2.05) is 27.7 Å². The van der Waals surface area contributed by atoms with Crippen LogP contribution in [-0.2, 0) is 0 Å². The third-order valence-electron chi connectivity index (χ3n) is 3.10. The van der Waals surface area contributed by atoms with Crippen molar-refractivity contribution in [1.82, 2.24) is 0 Å². The molecule has 0 aliphatic carbocycles. The minimum atomic E-state index is -0.848. The van der Waals surface area contributed by atoms with Gasteiger partial charge in [0.05, 0.1) is 11.2 Å². The van der Waals surface area contributed by atoms with Gasteiger partial charge in [-0.2, -0.15) is 0 Å². The molecule has 14 heavy (non-hydrogen) atoms. The highest BCUT2D eigenvalue weighted by atomic mass is 16.3. The molecule has 0 radical (unpaired) electrons. The first-order chi connectivity index (χ1) is 6.09. The van der Waals surface area contributed by atoms with Crippen LogP contribution < -0.4 is 0 Å². The Balaban J connectivity index is 4.59. The first-order valence-corrected chi connectivity index (χ1v) is 5.24. The summed E-state index contributed by atoms with van der Waals surface area (Å²) >= 11 is 0. The Morgan fingerprint density at radius 3 is 1.14 bits per heavy atom. The highest BCUT2D eigenvalue weighted by Gasteiger charge is 2.25. The van der Waals surface area contributed by atoms with Gasteiger partial charge < -0.3 is 10.2 Å². The van der Waals surface area contributed by atoms with Crippen LogP contribution >= 0.6 is 0 Å². The molecule has 2 nitrogen and oxygen atoms in total. The number of rotatable bonds is 4. The molecule has 0 rings (SSSR count). The van der Waals surface area contributed by atoms with Crippen molar-refractivity contribution in [2.24, 2.45) is 11.8 Å². The monoisotopic (exact) mass is 200 g/mol. The Bertz CT molecular complexity index is 178. The smallest absolute Gasteiger partial charge is 0.0823 e. The van der Waals surface area contributed by atoms with E-state index in [2.05, 4.69) is 0 Å². The second kappa shape index (κ2) is 4.45. The molecular formula is C12H24O2. The van der Waals surface area contributed by atoms with Crippen LogP contribution in [0, 0.1) is 11.8 Å². The lowest BCUT2D eigenvalue weighted by molar-refractivity contribution is 0.0451. The van der Waals surface area contributed by atoms with Crippen LogP contribution in [0.2, 0.25) is 0 Å². The normalized spacial score (nSPS) is 21.6. The number of aliphatic hydroxyl groups is 2. The van der Waals surface area contributed by atoms with Crippen LogP contribution in [-0.4, -0.2) is 21.4 Å². The predicted octanol–water partition coefficient (Wildman–Crippen LogP) is 2.36.